The van der Waals surface area contributed by atoms with E-state index in [0.29, 0.717) is 24.5 Å². The highest BCUT2D eigenvalue weighted by molar-refractivity contribution is 5.97. The van der Waals surface area contributed by atoms with E-state index in [2.05, 4.69) is 33.0 Å². The van der Waals surface area contributed by atoms with Crippen LogP contribution >= 0.6 is 0 Å². The van der Waals surface area contributed by atoms with Gasteiger partial charge in [0.1, 0.15) is 6.04 Å². The summed E-state index contributed by atoms with van der Waals surface area (Å²) in [5.74, 6) is -0.466. The zero-order chi connectivity index (χ0) is 21.5. The molecule has 0 unspecified atom stereocenters. The molecule has 1 aliphatic heterocycles. The van der Waals surface area contributed by atoms with Gasteiger partial charge < -0.3 is 25.8 Å². The number of nitrogens with one attached hydrogen (secondary N) is 3. The predicted octanol–water partition coefficient (Wildman–Crippen LogP) is 2.50. The maximum atomic E-state index is 12.5. The topological polar surface area (TPSA) is 93.8 Å². The van der Waals surface area contributed by atoms with E-state index >= 15 is 0 Å². The fraction of sp³-hybridized carbons (Fsp3) is 0.318. The number of rotatable bonds is 5. The van der Waals surface area contributed by atoms with E-state index in [1.807, 2.05) is 18.2 Å². The van der Waals surface area contributed by atoms with Gasteiger partial charge in [-0.2, -0.15) is 0 Å². The van der Waals surface area contributed by atoms with Crippen molar-refractivity contribution >= 4 is 34.9 Å². The zero-order valence-electron chi connectivity index (χ0n) is 17.2. The molecule has 1 aliphatic rings. The van der Waals surface area contributed by atoms with Gasteiger partial charge in [-0.3, -0.25) is 9.59 Å². The summed E-state index contributed by atoms with van der Waals surface area (Å²) < 4.78 is 0. The van der Waals surface area contributed by atoms with Gasteiger partial charge in [-0.05, 0) is 43.3 Å². The fourth-order valence-corrected chi connectivity index (χ4v) is 3.24. The number of carbonyl (C=O) groups is 3. The van der Waals surface area contributed by atoms with E-state index < -0.39 is 6.04 Å². The van der Waals surface area contributed by atoms with Crippen LogP contribution in [0.15, 0.2) is 54.6 Å². The van der Waals surface area contributed by atoms with Gasteiger partial charge >= 0.3 is 6.03 Å². The standard InChI is InChI=1S/C22H27N5O3/c1-16(21(29)25-19-10-8-18(9-11-19)24-17(2)28)23-22(30)27-14-12-26(13-15-27)20-6-4-3-5-7-20/h3-11,16H,12-15H2,1-2H3,(H,23,30)(H,24,28)(H,25,29)/t16-/m0/s1. The number of hydrogen-bond acceptors (Lipinski definition) is 4. The molecule has 2 aromatic carbocycles. The van der Waals surface area contributed by atoms with Crippen LogP contribution in [0.4, 0.5) is 21.9 Å². The highest BCUT2D eigenvalue weighted by atomic mass is 16.2. The second-order valence-corrected chi connectivity index (χ2v) is 7.23. The summed E-state index contributed by atoms with van der Waals surface area (Å²) in [4.78, 5) is 40.0. The maximum absolute atomic E-state index is 12.5. The maximum Gasteiger partial charge on any atom is 0.318 e. The summed E-state index contributed by atoms with van der Waals surface area (Å²) in [5, 5.41) is 8.19. The summed E-state index contributed by atoms with van der Waals surface area (Å²) in [7, 11) is 0. The van der Waals surface area contributed by atoms with Crippen LogP contribution in [0, 0.1) is 0 Å². The Hall–Kier alpha value is -3.55. The molecule has 2 aromatic rings. The Morgan fingerprint density at radius 1 is 0.833 bits per heavy atom. The molecule has 4 amide bonds. The van der Waals surface area contributed by atoms with E-state index in [-0.39, 0.29) is 17.8 Å². The summed E-state index contributed by atoms with van der Waals surface area (Å²) in [5.41, 5.74) is 2.39. The average molecular weight is 409 g/mol. The van der Waals surface area contributed by atoms with Crippen molar-refractivity contribution in [2.75, 3.05) is 41.7 Å². The SMILES string of the molecule is CC(=O)Nc1ccc(NC(=O)[C@H](C)NC(=O)N2CCN(c3ccccc3)CC2)cc1. The molecule has 0 spiro atoms. The van der Waals surface area contributed by atoms with Gasteiger partial charge in [0.2, 0.25) is 11.8 Å². The Balaban J connectivity index is 1.46. The number of para-hydroxylation sites is 1. The molecule has 1 heterocycles. The third kappa shape index (κ3) is 5.73. The number of piperazine rings is 1. The minimum Gasteiger partial charge on any atom is -0.368 e. The first-order chi connectivity index (χ1) is 14.4. The third-order valence-corrected chi connectivity index (χ3v) is 4.89. The van der Waals surface area contributed by atoms with Gasteiger partial charge in [-0.1, -0.05) is 18.2 Å². The van der Waals surface area contributed by atoms with Crippen LogP contribution in [-0.4, -0.2) is 55.0 Å². The largest absolute Gasteiger partial charge is 0.368 e. The minimum atomic E-state index is -0.681. The van der Waals surface area contributed by atoms with E-state index in [1.165, 1.54) is 6.92 Å². The number of anilines is 3. The molecule has 0 aromatic heterocycles. The Kier molecular flexibility index (Phi) is 6.90. The lowest BCUT2D eigenvalue weighted by Gasteiger charge is -2.36. The molecular weight excluding hydrogens is 382 g/mol. The van der Waals surface area contributed by atoms with E-state index in [0.717, 1.165) is 18.8 Å². The molecule has 0 radical (unpaired) electrons. The molecule has 0 bridgehead atoms. The van der Waals surface area contributed by atoms with Crippen molar-refractivity contribution in [3.63, 3.8) is 0 Å². The van der Waals surface area contributed by atoms with Crippen molar-refractivity contribution in [3.05, 3.63) is 54.6 Å². The minimum absolute atomic E-state index is 0.160. The summed E-state index contributed by atoms with van der Waals surface area (Å²) in [6, 6.07) is 16.0. The first-order valence-electron chi connectivity index (χ1n) is 9.96. The van der Waals surface area contributed by atoms with Gasteiger partial charge in [-0.25, -0.2) is 4.79 Å². The smallest absolute Gasteiger partial charge is 0.318 e. The molecule has 158 valence electrons. The molecule has 0 aliphatic carbocycles. The molecule has 3 N–H and O–H groups in total. The van der Waals surface area contributed by atoms with Crippen molar-refractivity contribution < 1.29 is 14.4 Å². The molecule has 0 saturated carbocycles. The summed E-state index contributed by atoms with van der Waals surface area (Å²) >= 11 is 0. The van der Waals surface area contributed by atoms with Gasteiger partial charge in [0.15, 0.2) is 0 Å². The molecular formula is C22H27N5O3. The Morgan fingerprint density at radius 3 is 1.97 bits per heavy atom. The van der Waals surface area contributed by atoms with Crippen LogP contribution in [-0.2, 0) is 9.59 Å². The third-order valence-electron chi connectivity index (χ3n) is 4.89. The number of carbonyl (C=O) groups excluding carboxylic acids is 3. The van der Waals surface area contributed by atoms with Crippen LogP contribution < -0.4 is 20.9 Å². The van der Waals surface area contributed by atoms with Crippen LogP contribution in [0.5, 0.6) is 0 Å². The second kappa shape index (κ2) is 9.78. The van der Waals surface area contributed by atoms with Crippen molar-refractivity contribution in [2.24, 2.45) is 0 Å². The van der Waals surface area contributed by atoms with Gasteiger partial charge in [0.25, 0.3) is 0 Å². The lowest BCUT2D eigenvalue weighted by Crippen LogP contribution is -2.54. The summed E-state index contributed by atoms with van der Waals surface area (Å²) in [6.07, 6.45) is 0. The zero-order valence-corrected chi connectivity index (χ0v) is 17.2. The second-order valence-electron chi connectivity index (χ2n) is 7.23. The predicted molar refractivity (Wildman–Crippen MR) is 118 cm³/mol. The van der Waals surface area contributed by atoms with Crippen LogP contribution in [0.2, 0.25) is 0 Å². The molecule has 1 atom stereocenters. The number of hydrogen-bond donors (Lipinski definition) is 3. The van der Waals surface area contributed by atoms with E-state index in [9.17, 15) is 14.4 Å². The van der Waals surface area contributed by atoms with Crippen molar-refractivity contribution in [2.45, 2.75) is 19.9 Å². The number of amides is 4. The van der Waals surface area contributed by atoms with Crippen LogP contribution in [0.1, 0.15) is 13.8 Å². The van der Waals surface area contributed by atoms with Crippen LogP contribution in [0.25, 0.3) is 0 Å². The Bertz CT molecular complexity index is 877. The molecule has 8 nitrogen and oxygen atoms in total. The molecule has 1 fully saturated rings. The average Bonchev–Trinajstić information content (AvgIpc) is 2.75. The first kappa shape index (κ1) is 21.2. The number of nitrogens with zero attached hydrogens (tertiary/aromatic N) is 2. The Labute approximate surface area is 176 Å². The van der Waals surface area contributed by atoms with Crippen molar-refractivity contribution in [3.8, 4) is 0 Å². The van der Waals surface area contributed by atoms with Gasteiger partial charge in [0, 0.05) is 50.2 Å². The summed E-state index contributed by atoms with van der Waals surface area (Å²) in [6.45, 7) is 5.78. The molecule has 8 heteroatoms. The quantitative estimate of drug-likeness (QED) is 0.707. The van der Waals surface area contributed by atoms with Crippen molar-refractivity contribution in [1.29, 1.82) is 0 Å². The fourth-order valence-electron chi connectivity index (χ4n) is 3.24. The lowest BCUT2D eigenvalue weighted by atomic mass is 10.2. The van der Waals surface area contributed by atoms with E-state index in [4.69, 9.17) is 0 Å². The van der Waals surface area contributed by atoms with Gasteiger partial charge in [-0.15, -0.1) is 0 Å². The Morgan fingerprint density at radius 2 is 1.40 bits per heavy atom. The number of urea groups is 1. The lowest BCUT2D eigenvalue weighted by molar-refractivity contribution is -0.117. The molecule has 1 saturated heterocycles. The number of benzene rings is 2. The molecule has 30 heavy (non-hydrogen) atoms. The highest BCUT2D eigenvalue weighted by Gasteiger charge is 2.24. The first-order valence-corrected chi connectivity index (χ1v) is 9.96. The van der Waals surface area contributed by atoms with Gasteiger partial charge in [0.05, 0.1) is 0 Å². The normalized spacial score (nSPS) is 14.6. The monoisotopic (exact) mass is 409 g/mol. The molecule has 3 rings (SSSR count). The van der Waals surface area contributed by atoms with Crippen molar-refractivity contribution in [1.82, 2.24) is 10.2 Å². The van der Waals surface area contributed by atoms with E-state index in [1.54, 1.807) is 36.1 Å². The van der Waals surface area contributed by atoms with Crippen LogP contribution in [0.3, 0.4) is 0 Å². The highest BCUT2D eigenvalue weighted by Crippen LogP contribution is 2.16.